The van der Waals surface area contributed by atoms with Gasteiger partial charge in [0.05, 0.1) is 10.6 Å². The van der Waals surface area contributed by atoms with Crippen molar-refractivity contribution in [1.82, 2.24) is 10.2 Å². The van der Waals surface area contributed by atoms with Crippen LogP contribution in [0.15, 0.2) is 77.7 Å². The number of nitrogens with one attached hydrogen (secondary N) is 1. The first-order valence-corrected chi connectivity index (χ1v) is 15.3. The highest BCUT2D eigenvalue weighted by Gasteiger charge is 2.34. The summed E-state index contributed by atoms with van der Waals surface area (Å²) in [7, 11) is -4.12. The molecule has 214 valence electrons. The Morgan fingerprint density at radius 1 is 0.925 bits per heavy atom. The highest BCUT2D eigenvalue weighted by Crippen LogP contribution is 2.29. The van der Waals surface area contributed by atoms with Crippen LogP contribution in [0.25, 0.3) is 0 Å². The lowest BCUT2D eigenvalue weighted by atomic mass is 10.1. The van der Waals surface area contributed by atoms with E-state index in [1.807, 2.05) is 52.8 Å². The minimum atomic E-state index is -4.12. The van der Waals surface area contributed by atoms with Crippen LogP contribution in [-0.4, -0.2) is 43.8 Å². The summed E-state index contributed by atoms with van der Waals surface area (Å²) in [4.78, 5) is 29.1. The molecule has 40 heavy (non-hydrogen) atoms. The van der Waals surface area contributed by atoms with Crippen molar-refractivity contribution >= 4 is 39.1 Å². The van der Waals surface area contributed by atoms with E-state index in [4.69, 9.17) is 11.6 Å². The molecular weight excluding hydrogens is 546 g/mol. The van der Waals surface area contributed by atoms with Crippen LogP contribution in [0.1, 0.15) is 50.3 Å². The molecule has 1 N–H and O–H groups in total. The fourth-order valence-electron chi connectivity index (χ4n) is 4.39. The topological polar surface area (TPSA) is 86.8 Å². The largest absolute Gasteiger partial charge is 0.352 e. The summed E-state index contributed by atoms with van der Waals surface area (Å²) in [6.07, 6.45) is 1.07. The molecule has 3 aromatic carbocycles. The molecule has 0 aromatic heterocycles. The van der Waals surface area contributed by atoms with Crippen molar-refractivity contribution in [2.45, 2.75) is 71.0 Å². The lowest BCUT2D eigenvalue weighted by molar-refractivity contribution is -0.140. The Morgan fingerprint density at radius 3 is 2.20 bits per heavy atom. The Labute approximate surface area is 243 Å². The highest BCUT2D eigenvalue weighted by molar-refractivity contribution is 7.92. The molecule has 0 radical (unpaired) electrons. The van der Waals surface area contributed by atoms with Crippen molar-refractivity contribution in [2.75, 3.05) is 10.8 Å². The molecular formula is C31H38ClN3O4S. The van der Waals surface area contributed by atoms with Gasteiger partial charge in [0.15, 0.2) is 0 Å². The van der Waals surface area contributed by atoms with Crippen LogP contribution in [0.3, 0.4) is 0 Å². The molecule has 0 saturated carbocycles. The fourth-order valence-corrected chi connectivity index (χ4v) is 6.08. The predicted molar refractivity (Wildman–Crippen MR) is 161 cm³/mol. The van der Waals surface area contributed by atoms with E-state index in [0.29, 0.717) is 28.3 Å². The zero-order valence-electron chi connectivity index (χ0n) is 23.7. The molecule has 9 heteroatoms. The Bertz CT molecular complexity index is 1430. The summed E-state index contributed by atoms with van der Waals surface area (Å²) >= 11 is 6.45. The first-order valence-electron chi connectivity index (χ1n) is 13.5. The van der Waals surface area contributed by atoms with Gasteiger partial charge in [-0.25, -0.2) is 8.42 Å². The number of nitrogens with zero attached hydrogens (tertiary/aromatic N) is 2. The zero-order valence-corrected chi connectivity index (χ0v) is 25.3. The Hall–Kier alpha value is -3.36. The summed E-state index contributed by atoms with van der Waals surface area (Å²) in [5.74, 6) is -0.798. The third-order valence-corrected chi connectivity index (χ3v) is 9.07. The molecule has 0 fully saturated rings. The van der Waals surface area contributed by atoms with Gasteiger partial charge in [-0.3, -0.25) is 13.9 Å². The van der Waals surface area contributed by atoms with Gasteiger partial charge >= 0.3 is 0 Å². The zero-order chi connectivity index (χ0) is 29.4. The van der Waals surface area contributed by atoms with Gasteiger partial charge < -0.3 is 10.2 Å². The lowest BCUT2D eigenvalue weighted by Crippen LogP contribution is -2.53. The van der Waals surface area contributed by atoms with Crippen LogP contribution in [-0.2, 0) is 26.2 Å². The lowest BCUT2D eigenvalue weighted by Gasteiger charge is -2.34. The van der Waals surface area contributed by atoms with Crippen LogP contribution < -0.4 is 9.62 Å². The molecule has 0 bridgehead atoms. The summed E-state index contributed by atoms with van der Waals surface area (Å²) in [5.41, 5.74) is 2.63. The number of sulfonamides is 1. The van der Waals surface area contributed by atoms with Crippen LogP contribution in [0.4, 0.5) is 5.69 Å². The summed E-state index contributed by atoms with van der Waals surface area (Å²) in [6, 6.07) is 19.7. The number of carbonyl (C=O) groups excluding carboxylic acids is 2. The van der Waals surface area contributed by atoms with E-state index in [0.717, 1.165) is 16.3 Å². The molecule has 0 saturated heterocycles. The fraction of sp³-hybridized carbons (Fsp3) is 0.355. The van der Waals surface area contributed by atoms with Crippen molar-refractivity contribution in [3.05, 3.63) is 94.5 Å². The molecule has 7 nitrogen and oxygen atoms in total. The minimum absolute atomic E-state index is 0.0525. The highest BCUT2D eigenvalue weighted by atomic mass is 35.5. The van der Waals surface area contributed by atoms with Crippen LogP contribution in [0, 0.1) is 13.8 Å². The minimum Gasteiger partial charge on any atom is -0.352 e. The van der Waals surface area contributed by atoms with E-state index in [1.165, 1.54) is 17.0 Å². The van der Waals surface area contributed by atoms with E-state index in [9.17, 15) is 18.0 Å². The monoisotopic (exact) mass is 583 g/mol. The number of halogens is 1. The van der Waals surface area contributed by atoms with Gasteiger partial charge in [-0.15, -0.1) is 0 Å². The third kappa shape index (κ3) is 7.43. The van der Waals surface area contributed by atoms with E-state index in [1.54, 1.807) is 42.5 Å². The maximum atomic E-state index is 14.2. The molecule has 0 heterocycles. The molecule has 3 aromatic rings. The number of carbonyl (C=O) groups is 2. The van der Waals surface area contributed by atoms with Gasteiger partial charge in [0, 0.05) is 17.6 Å². The molecule has 0 aliphatic carbocycles. The number of hydrogen-bond donors (Lipinski definition) is 1. The number of anilines is 1. The van der Waals surface area contributed by atoms with Gasteiger partial charge in [-0.05, 0) is 74.6 Å². The van der Waals surface area contributed by atoms with Gasteiger partial charge in [-0.2, -0.15) is 0 Å². The predicted octanol–water partition coefficient (Wildman–Crippen LogP) is 5.87. The van der Waals surface area contributed by atoms with E-state index in [2.05, 4.69) is 5.32 Å². The van der Waals surface area contributed by atoms with Crippen LogP contribution in [0.5, 0.6) is 0 Å². The number of rotatable bonds is 12. The number of aryl methyl sites for hydroxylation is 2. The maximum absolute atomic E-state index is 14.2. The molecule has 2 amide bonds. The van der Waals surface area contributed by atoms with Gasteiger partial charge in [0.1, 0.15) is 12.6 Å². The van der Waals surface area contributed by atoms with Gasteiger partial charge in [0.2, 0.25) is 11.8 Å². The van der Waals surface area contributed by atoms with Crippen LogP contribution >= 0.6 is 11.6 Å². The average Bonchev–Trinajstić information content (AvgIpc) is 2.94. The van der Waals surface area contributed by atoms with Crippen molar-refractivity contribution < 1.29 is 18.0 Å². The molecule has 3 rings (SSSR count). The molecule has 2 atom stereocenters. The quantitative estimate of drug-likeness (QED) is 0.289. The second-order valence-electron chi connectivity index (χ2n) is 9.97. The smallest absolute Gasteiger partial charge is 0.264 e. The van der Waals surface area contributed by atoms with Crippen molar-refractivity contribution in [3.63, 3.8) is 0 Å². The Kier molecular flexibility index (Phi) is 10.8. The second kappa shape index (κ2) is 13.8. The van der Waals surface area contributed by atoms with Gasteiger partial charge in [0.25, 0.3) is 10.0 Å². The first-order chi connectivity index (χ1) is 19.0. The first kappa shape index (κ1) is 31.2. The standard InChI is InChI=1S/C31H38ClN3O4S/c1-6-24(5)33-31(37)28(7-2)34(20-25-13-11-12-16-27(25)32)30(36)21-35(29-19-22(3)17-18-23(29)4)40(38,39)26-14-9-8-10-15-26/h8-19,24,28H,6-7,20-21H2,1-5H3,(H,33,37)/t24-,28-/m1/s1. The third-order valence-electron chi connectivity index (χ3n) is 6.93. The van der Waals surface area contributed by atoms with Crippen molar-refractivity contribution in [2.24, 2.45) is 0 Å². The van der Waals surface area contributed by atoms with Crippen molar-refractivity contribution in [3.8, 4) is 0 Å². The van der Waals surface area contributed by atoms with Crippen molar-refractivity contribution in [1.29, 1.82) is 0 Å². The Balaban J connectivity index is 2.10. The maximum Gasteiger partial charge on any atom is 0.264 e. The molecule has 0 aliphatic rings. The van der Waals surface area contributed by atoms with E-state index in [-0.39, 0.29) is 23.4 Å². The molecule has 0 spiro atoms. The molecule has 0 aliphatic heterocycles. The number of hydrogen-bond acceptors (Lipinski definition) is 4. The van der Waals surface area contributed by atoms with Gasteiger partial charge in [-0.1, -0.05) is 74.0 Å². The average molecular weight is 584 g/mol. The van der Waals surface area contributed by atoms with Crippen LogP contribution in [0.2, 0.25) is 5.02 Å². The Morgan fingerprint density at radius 2 is 1.57 bits per heavy atom. The summed E-state index contributed by atoms with van der Waals surface area (Å²) in [6.45, 7) is 8.94. The number of benzene rings is 3. The second-order valence-corrected chi connectivity index (χ2v) is 12.2. The molecule has 0 unspecified atom stereocenters. The number of amides is 2. The van der Waals surface area contributed by atoms with E-state index < -0.39 is 28.5 Å². The summed E-state index contributed by atoms with van der Waals surface area (Å²) in [5, 5.41) is 3.44. The normalized spacial score (nSPS) is 12.8. The summed E-state index contributed by atoms with van der Waals surface area (Å²) < 4.78 is 29.1. The SMILES string of the molecule is CC[C@@H](C)NC(=O)[C@@H](CC)N(Cc1ccccc1Cl)C(=O)CN(c1cc(C)ccc1C)S(=O)(=O)c1ccccc1. The van der Waals surface area contributed by atoms with E-state index >= 15 is 0 Å².